The number of hydrogen-bond acceptors (Lipinski definition) is 4. The minimum atomic E-state index is -0.00816. The standard InChI is InChI=1S/C22H23N3O2/c1-17-7-9-19(10-8-17)21-20(15-23-27-21)22(26)25-13-11-24(12-14-25)16-18-5-3-2-4-6-18/h2-10,15H,11-14,16H2,1H3. The number of carbonyl (C=O) groups excluding carboxylic acids is 1. The van der Waals surface area contributed by atoms with Gasteiger partial charge in [0.05, 0.1) is 6.20 Å². The summed E-state index contributed by atoms with van der Waals surface area (Å²) in [7, 11) is 0. The van der Waals surface area contributed by atoms with Crippen molar-refractivity contribution < 1.29 is 9.32 Å². The van der Waals surface area contributed by atoms with Gasteiger partial charge in [0, 0.05) is 38.3 Å². The van der Waals surface area contributed by atoms with E-state index in [1.165, 1.54) is 17.3 Å². The van der Waals surface area contributed by atoms with Crippen LogP contribution in [-0.2, 0) is 6.54 Å². The third-order valence-electron chi connectivity index (χ3n) is 5.02. The molecule has 1 aliphatic rings. The second-order valence-corrected chi connectivity index (χ2v) is 6.99. The summed E-state index contributed by atoms with van der Waals surface area (Å²) < 4.78 is 5.39. The lowest BCUT2D eigenvalue weighted by Crippen LogP contribution is -2.48. The van der Waals surface area contributed by atoms with Crippen LogP contribution in [0.5, 0.6) is 0 Å². The molecule has 5 nitrogen and oxygen atoms in total. The van der Waals surface area contributed by atoms with E-state index >= 15 is 0 Å². The van der Waals surface area contributed by atoms with Crippen molar-refractivity contribution in [3.05, 3.63) is 77.5 Å². The monoisotopic (exact) mass is 361 g/mol. The van der Waals surface area contributed by atoms with E-state index in [1.54, 1.807) is 0 Å². The molecule has 0 spiro atoms. The Kier molecular flexibility index (Phi) is 5.03. The number of rotatable bonds is 4. The van der Waals surface area contributed by atoms with Crippen LogP contribution in [0.4, 0.5) is 0 Å². The lowest BCUT2D eigenvalue weighted by molar-refractivity contribution is 0.0629. The van der Waals surface area contributed by atoms with Crippen LogP contribution in [0.15, 0.2) is 65.3 Å². The SMILES string of the molecule is Cc1ccc(-c2oncc2C(=O)N2CCN(Cc3ccccc3)CC2)cc1. The van der Waals surface area contributed by atoms with E-state index in [1.807, 2.05) is 42.2 Å². The Morgan fingerprint density at radius 1 is 1.00 bits per heavy atom. The molecule has 0 N–H and O–H groups in total. The van der Waals surface area contributed by atoms with Crippen molar-refractivity contribution in [2.24, 2.45) is 0 Å². The van der Waals surface area contributed by atoms with Gasteiger partial charge < -0.3 is 9.42 Å². The molecule has 138 valence electrons. The molecule has 1 aliphatic heterocycles. The van der Waals surface area contributed by atoms with E-state index in [9.17, 15) is 4.79 Å². The zero-order chi connectivity index (χ0) is 18.6. The topological polar surface area (TPSA) is 49.6 Å². The van der Waals surface area contributed by atoms with Crippen LogP contribution in [-0.4, -0.2) is 47.0 Å². The molecule has 3 aromatic rings. The molecule has 0 atom stereocenters. The third kappa shape index (κ3) is 3.93. The molecule has 0 radical (unpaired) electrons. The number of nitrogens with zero attached hydrogens (tertiary/aromatic N) is 3. The zero-order valence-corrected chi connectivity index (χ0v) is 15.5. The fourth-order valence-electron chi connectivity index (χ4n) is 3.43. The van der Waals surface area contributed by atoms with Crippen LogP contribution in [0.1, 0.15) is 21.5 Å². The molecule has 5 heteroatoms. The molecule has 2 heterocycles. The highest BCUT2D eigenvalue weighted by molar-refractivity contribution is 5.99. The van der Waals surface area contributed by atoms with Gasteiger partial charge in [0.2, 0.25) is 0 Å². The fraction of sp³-hybridized carbons (Fsp3) is 0.273. The van der Waals surface area contributed by atoms with Gasteiger partial charge in [-0.3, -0.25) is 9.69 Å². The molecule has 1 saturated heterocycles. The summed E-state index contributed by atoms with van der Waals surface area (Å²) in [6.07, 6.45) is 1.54. The van der Waals surface area contributed by atoms with Crippen LogP contribution in [0, 0.1) is 6.92 Å². The van der Waals surface area contributed by atoms with Crippen LogP contribution in [0.25, 0.3) is 11.3 Å². The van der Waals surface area contributed by atoms with E-state index in [0.29, 0.717) is 24.4 Å². The number of hydrogen-bond donors (Lipinski definition) is 0. The molecule has 2 aromatic carbocycles. The summed E-state index contributed by atoms with van der Waals surface area (Å²) in [5.74, 6) is 0.540. The second kappa shape index (κ2) is 7.76. The van der Waals surface area contributed by atoms with E-state index in [4.69, 9.17) is 4.52 Å². The second-order valence-electron chi connectivity index (χ2n) is 6.99. The quantitative estimate of drug-likeness (QED) is 0.712. The Hall–Kier alpha value is -2.92. The minimum absolute atomic E-state index is 0.00816. The van der Waals surface area contributed by atoms with Gasteiger partial charge >= 0.3 is 0 Å². The average molecular weight is 361 g/mol. The van der Waals surface area contributed by atoms with Crippen LogP contribution in [0.2, 0.25) is 0 Å². The molecule has 1 fully saturated rings. The largest absolute Gasteiger partial charge is 0.355 e. The first kappa shape index (κ1) is 17.5. The number of benzene rings is 2. The first-order chi connectivity index (χ1) is 13.2. The van der Waals surface area contributed by atoms with E-state index < -0.39 is 0 Å². The summed E-state index contributed by atoms with van der Waals surface area (Å²) in [5, 5.41) is 3.87. The number of aryl methyl sites for hydroxylation is 1. The van der Waals surface area contributed by atoms with E-state index in [0.717, 1.165) is 25.2 Å². The molecule has 27 heavy (non-hydrogen) atoms. The predicted octanol–water partition coefficient (Wildman–Crippen LogP) is 3.61. The van der Waals surface area contributed by atoms with Gasteiger partial charge in [-0.15, -0.1) is 0 Å². The van der Waals surface area contributed by atoms with Crippen molar-refractivity contribution in [2.45, 2.75) is 13.5 Å². The van der Waals surface area contributed by atoms with Crippen LogP contribution < -0.4 is 0 Å². The van der Waals surface area contributed by atoms with Gasteiger partial charge in [-0.1, -0.05) is 65.3 Å². The maximum absolute atomic E-state index is 13.0. The lowest BCUT2D eigenvalue weighted by atomic mass is 10.1. The summed E-state index contributed by atoms with van der Waals surface area (Å²) in [6, 6.07) is 18.4. The van der Waals surface area contributed by atoms with Crippen molar-refractivity contribution in [3.63, 3.8) is 0 Å². The van der Waals surface area contributed by atoms with Gasteiger partial charge in [-0.2, -0.15) is 0 Å². The molecule has 1 aromatic heterocycles. The molecule has 0 unspecified atom stereocenters. The molecule has 1 amide bonds. The summed E-state index contributed by atoms with van der Waals surface area (Å²) in [4.78, 5) is 17.3. The molecule has 4 rings (SSSR count). The molecule has 0 bridgehead atoms. The molecule has 0 aliphatic carbocycles. The Balaban J connectivity index is 1.42. The fourth-order valence-corrected chi connectivity index (χ4v) is 3.43. The summed E-state index contributed by atoms with van der Waals surface area (Å²) >= 11 is 0. The first-order valence-corrected chi connectivity index (χ1v) is 9.28. The predicted molar refractivity (Wildman–Crippen MR) is 104 cm³/mol. The molecular weight excluding hydrogens is 338 g/mol. The summed E-state index contributed by atoms with van der Waals surface area (Å²) in [6.45, 7) is 6.11. The Labute approximate surface area is 159 Å². The van der Waals surface area contributed by atoms with Crippen molar-refractivity contribution in [2.75, 3.05) is 26.2 Å². The van der Waals surface area contributed by atoms with Gasteiger partial charge in [-0.05, 0) is 12.5 Å². The van der Waals surface area contributed by atoms with Crippen molar-refractivity contribution >= 4 is 5.91 Å². The zero-order valence-electron chi connectivity index (χ0n) is 15.5. The van der Waals surface area contributed by atoms with E-state index in [-0.39, 0.29) is 5.91 Å². The third-order valence-corrected chi connectivity index (χ3v) is 5.02. The molecular formula is C22H23N3O2. The van der Waals surface area contributed by atoms with E-state index in [2.05, 4.69) is 34.3 Å². The average Bonchev–Trinajstić information content (AvgIpc) is 3.19. The van der Waals surface area contributed by atoms with Gasteiger partial charge in [-0.25, -0.2) is 0 Å². The van der Waals surface area contributed by atoms with Crippen LogP contribution >= 0.6 is 0 Å². The minimum Gasteiger partial charge on any atom is -0.355 e. The maximum atomic E-state index is 13.0. The number of carbonyl (C=O) groups is 1. The number of amides is 1. The normalized spacial score (nSPS) is 15.1. The lowest BCUT2D eigenvalue weighted by Gasteiger charge is -2.34. The van der Waals surface area contributed by atoms with Gasteiger partial charge in [0.25, 0.3) is 5.91 Å². The summed E-state index contributed by atoms with van der Waals surface area (Å²) in [5.41, 5.74) is 3.89. The highest BCUT2D eigenvalue weighted by Gasteiger charge is 2.26. The van der Waals surface area contributed by atoms with Gasteiger partial charge in [0.15, 0.2) is 5.76 Å². The number of aromatic nitrogens is 1. The van der Waals surface area contributed by atoms with Crippen molar-refractivity contribution in [3.8, 4) is 11.3 Å². The maximum Gasteiger partial charge on any atom is 0.259 e. The Morgan fingerprint density at radius 2 is 1.70 bits per heavy atom. The highest BCUT2D eigenvalue weighted by Crippen LogP contribution is 2.25. The van der Waals surface area contributed by atoms with Gasteiger partial charge in [0.1, 0.15) is 5.56 Å². The molecule has 0 saturated carbocycles. The van der Waals surface area contributed by atoms with Crippen molar-refractivity contribution in [1.82, 2.24) is 15.0 Å². The Bertz CT molecular complexity index is 895. The van der Waals surface area contributed by atoms with Crippen molar-refractivity contribution in [1.29, 1.82) is 0 Å². The highest BCUT2D eigenvalue weighted by atomic mass is 16.5. The first-order valence-electron chi connectivity index (χ1n) is 9.28. The Morgan fingerprint density at radius 3 is 2.41 bits per heavy atom. The number of piperazine rings is 1. The smallest absolute Gasteiger partial charge is 0.259 e. The van der Waals surface area contributed by atoms with Crippen LogP contribution in [0.3, 0.4) is 0 Å².